The van der Waals surface area contributed by atoms with Crippen molar-refractivity contribution in [3.8, 4) is 0 Å². The van der Waals surface area contributed by atoms with E-state index in [1.807, 2.05) is 0 Å². The average molecular weight is 303 g/mol. The lowest BCUT2D eigenvalue weighted by Gasteiger charge is -2.26. The third-order valence-electron chi connectivity index (χ3n) is 2.89. The van der Waals surface area contributed by atoms with Crippen molar-refractivity contribution in [2.24, 2.45) is 0 Å². The van der Waals surface area contributed by atoms with Crippen LogP contribution >= 0.6 is 0 Å². The molecule has 112 valence electrons. The van der Waals surface area contributed by atoms with Gasteiger partial charge in [0, 0.05) is 12.6 Å². The molecule has 5 nitrogen and oxygen atoms in total. The highest BCUT2D eigenvalue weighted by Gasteiger charge is 2.27. The second-order valence-corrected chi connectivity index (χ2v) is 6.45. The predicted molar refractivity (Wildman–Crippen MR) is 73.1 cm³/mol. The SMILES string of the molecule is CCN(C(C)CC(=O)O)S(=O)(=O)Cc1ccc(F)cc1. The fourth-order valence-corrected chi connectivity index (χ4v) is 3.81. The van der Waals surface area contributed by atoms with Gasteiger partial charge in [-0.2, -0.15) is 4.31 Å². The Morgan fingerprint density at radius 2 is 1.90 bits per heavy atom. The minimum atomic E-state index is -3.64. The molecular formula is C13H18FNO4S. The molecule has 0 aliphatic heterocycles. The summed E-state index contributed by atoms with van der Waals surface area (Å²) >= 11 is 0. The smallest absolute Gasteiger partial charge is 0.304 e. The average Bonchev–Trinajstić information content (AvgIpc) is 2.31. The number of carboxylic acid groups (broad SMARTS) is 1. The van der Waals surface area contributed by atoms with Crippen LogP contribution in [0, 0.1) is 5.82 Å². The van der Waals surface area contributed by atoms with Gasteiger partial charge < -0.3 is 5.11 Å². The maximum atomic E-state index is 12.8. The highest BCUT2D eigenvalue weighted by molar-refractivity contribution is 7.88. The maximum absolute atomic E-state index is 12.8. The molecule has 1 atom stereocenters. The first-order valence-corrected chi connectivity index (χ1v) is 7.83. The molecule has 7 heteroatoms. The van der Waals surface area contributed by atoms with Crippen molar-refractivity contribution in [2.45, 2.75) is 32.1 Å². The van der Waals surface area contributed by atoms with Gasteiger partial charge in [-0.1, -0.05) is 19.1 Å². The number of hydrogen-bond donors (Lipinski definition) is 1. The standard InChI is InChI=1S/C13H18FNO4S/c1-3-15(10(2)8-13(16)17)20(18,19)9-11-4-6-12(14)7-5-11/h4-7,10H,3,8-9H2,1-2H3,(H,16,17). The Morgan fingerprint density at radius 3 is 2.35 bits per heavy atom. The van der Waals surface area contributed by atoms with Crippen LogP contribution < -0.4 is 0 Å². The number of nitrogens with zero attached hydrogens (tertiary/aromatic N) is 1. The van der Waals surface area contributed by atoms with Gasteiger partial charge in [0.15, 0.2) is 0 Å². The Hall–Kier alpha value is -1.47. The quantitative estimate of drug-likeness (QED) is 0.834. The van der Waals surface area contributed by atoms with Crippen LogP contribution in [0.2, 0.25) is 0 Å². The van der Waals surface area contributed by atoms with E-state index >= 15 is 0 Å². The summed E-state index contributed by atoms with van der Waals surface area (Å²) in [5.74, 6) is -1.75. The lowest BCUT2D eigenvalue weighted by Crippen LogP contribution is -2.40. The summed E-state index contributed by atoms with van der Waals surface area (Å²) in [6.45, 7) is 3.40. The summed E-state index contributed by atoms with van der Waals surface area (Å²) in [5.41, 5.74) is 0.465. The van der Waals surface area contributed by atoms with Gasteiger partial charge in [0.25, 0.3) is 0 Å². The molecule has 0 amide bonds. The fourth-order valence-electron chi connectivity index (χ4n) is 2.01. The van der Waals surface area contributed by atoms with Gasteiger partial charge in [0.2, 0.25) is 10.0 Å². The summed E-state index contributed by atoms with van der Waals surface area (Å²) in [7, 11) is -3.64. The number of carboxylic acids is 1. The highest BCUT2D eigenvalue weighted by Crippen LogP contribution is 2.16. The van der Waals surface area contributed by atoms with Crippen LogP contribution in [0.3, 0.4) is 0 Å². The zero-order valence-electron chi connectivity index (χ0n) is 11.4. The van der Waals surface area contributed by atoms with Crippen molar-refractivity contribution in [3.63, 3.8) is 0 Å². The number of benzene rings is 1. The van der Waals surface area contributed by atoms with Crippen LogP contribution in [0.4, 0.5) is 4.39 Å². The molecule has 0 heterocycles. The van der Waals surface area contributed by atoms with Gasteiger partial charge in [-0.25, -0.2) is 12.8 Å². The fraction of sp³-hybridized carbons (Fsp3) is 0.462. The van der Waals surface area contributed by atoms with E-state index in [-0.39, 0.29) is 18.7 Å². The van der Waals surface area contributed by atoms with Crippen molar-refractivity contribution in [1.29, 1.82) is 0 Å². The molecule has 0 saturated heterocycles. The van der Waals surface area contributed by atoms with E-state index in [0.717, 1.165) is 4.31 Å². The molecule has 1 aromatic carbocycles. The van der Waals surface area contributed by atoms with Crippen LogP contribution in [-0.2, 0) is 20.6 Å². The third kappa shape index (κ3) is 4.57. The van der Waals surface area contributed by atoms with Crippen molar-refractivity contribution >= 4 is 16.0 Å². The first kappa shape index (κ1) is 16.6. The van der Waals surface area contributed by atoms with E-state index in [1.165, 1.54) is 24.3 Å². The molecule has 1 unspecified atom stereocenters. The molecule has 1 aromatic rings. The predicted octanol–water partition coefficient (Wildman–Crippen LogP) is 1.84. The maximum Gasteiger partial charge on any atom is 0.304 e. The van der Waals surface area contributed by atoms with E-state index in [1.54, 1.807) is 13.8 Å². The number of carbonyl (C=O) groups is 1. The van der Waals surface area contributed by atoms with Gasteiger partial charge in [0.1, 0.15) is 5.82 Å². The summed E-state index contributed by atoms with van der Waals surface area (Å²) in [4.78, 5) is 10.7. The van der Waals surface area contributed by atoms with Gasteiger partial charge in [-0.05, 0) is 24.6 Å². The zero-order chi connectivity index (χ0) is 15.3. The molecule has 0 aliphatic rings. The normalized spacial score (nSPS) is 13.4. The lowest BCUT2D eigenvalue weighted by atomic mass is 10.2. The van der Waals surface area contributed by atoms with Crippen LogP contribution in [0.15, 0.2) is 24.3 Å². The first-order valence-electron chi connectivity index (χ1n) is 6.22. The second kappa shape index (κ2) is 6.81. The molecule has 0 aliphatic carbocycles. The monoisotopic (exact) mass is 303 g/mol. The Balaban J connectivity index is 2.89. The van der Waals surface area contributed by atoms with Crippen molar-refractivity contribution in [1.82, 2.24) is 4.31 Å². The zero-order valence-corrected chi connectivity index (χ0v) is 12.2. The summed E-state index contributed by atoms with van der Waals surface area (Å²) in [5, 5.41) is 8.75. The van der Waals surface area contributed by atoms with E-state index in [2.05, 4.69) is 0 Å². The summed E-state index contributed by atoms with van der Waals surface area (Å²) < 4.78 is 38.5. The Labute approximate surface area is 118 Å². The van der Waals surface area contributed by atoms with Crippen LogP contribution in [0.1, 0.15) is 25.8 Å². The molecule has 0 spiro atoms. The minimum absolute atomic E-state index is 0.192. The molecule has 1 rings (SSSR count). The number of sulfonamides is 1. The van der Waals surface area contributed by atoms with E-state index in [9.17, 15) is 17.6 Å². The molecule has 0 fully saturated rings. The van der Waals surface area contributed by atoms with Crippen molar-refractivity contribution < 1.29 is 22.7 Å². The number of hydrogen-bond acceptors (Lipinski definition) is 3. The van der Waals surface area contributed by atoms with Crippen molar-refractivity contribution in [3.05, 3.63) is 35.6 Å². The van der Waals surface area contributed by atoms with Gasteiger partial charge >= 0.3 is 5.97 Å². The molecule has 0 radical (unpaired) electrons. The van der Waals surface area contributed by atoms with E-state index in [4.69, 9.17) is 5.11 Å². The van der Waals surface area contributed by atoms with Crippen LogP contribution in [-0.4, -0.2) is 36.4 Å². The van der Waals surface area contributed by atoms with E-state index < -0.39 is 27.9 Å². The second-order valence-electron chi connectivity index (χ2n) is 4.53. The summed E-state index contributed by atoms with van der Waals surface area (Å²) in [6.07, 6.45) is -0.253. The van der Waals surface area contributed by atoms with Gasteiger partial charge in [0.05, 0.1) is 12.2 Å². The van der Waals surface area contributed by atoms with Gasteiger partial charge in [-0.3, -0.25) is 4.79 Å². The Morgan fingerprint density at radius 1 is 1.35 bits per heavy atom. The van der Waals surface area contributed by atoms with Crippen LogP contribution in [0.5, 0.6) is 0 Å². The lowest BCUT2D eigenvalue weighted by molar-refractivity contribution is -0.137. The third-order valence-corrected chi connectivity index (χ3v) is 4.92. The molecule has 20 heavy (non-hydrogen) atoms. The van der Waals surface area contributed by atoms with Crippen molar-refractivity contribution in [2.75, 3.05) is 6.54 Å². The van der Waals surface area contributed by atoms with Crippen LogP contribution in [0.25, 0.3) is 0 Å². The molecule has 1 N–H and O–H groups in total. The number of aliphatic carboxylic acids is 1. The molecule has 0 saturated carbocycles. The molecular weight excluding hydrogens is 285 g/mol. The largest absolute Gasteiger partial charge is 0.481 e. The number of rotatable bonds is 7. The molecule has 0 aromatic heterocycles. The number of halogens is 1. The molecule has 0 bridgehead atoms. The first-order chi connectivity index (χ1) is 9.26. The highest BCUT2D eigenvalue weighted by atomic mass is 32.2. The Bertz CT molecular complexity index is 556. The van der Waals surface area contributed by atoms with E-state index in [0.29, 0.717) is 5.56 Å². The van der Waals surface area contributed by atoms with Gasteiger partial charge in [-0.15, -0.1) is 0 Å². The minimum Gasteiger partial charge on any atom is -0.481 e. The Kier molecular flexibility index (Phi) is 5.64. The topological polar surface area (TPSA) is 74.7 Å². The summed E-state index contributed by atoms with van der Waals surface area (Å²) in [6, 6.07) is 4.58.